The van der Waals surface area contributed by atoms with E-state index >= 15 is 0 Å². The third-order valence-corrected chi connectivity index (χ3v) is 5.21. The molecular formula is C19H27N3O3. The molecule has 1 aliphatic heterocycles. The number of hydrogen-bond acceptors (Lipinski definition) is 4. The molecule has 2 aliphatic rings. The summed E-state index contributed by atoms with van der Waals surface area (Å²) in [5.41, 5.74) is 8.15. The number of carbonyl (C=O) groups is 2. The molecule has 1 heterocycles. The Kier molecular flexibility index (Phi) is 5.71. The minimum atomic E-state index is -0.0400. The van der Waals surface area contributed by atoms with Crippen LogP contribution >= 0.6 is 0 Å². The molecule has 1 aliphatic carbocycles. The number of nitrogens with zero attached hydrogens (tertiary/aromatic N) is 1. The van der Waals surface area contributed by atoms with E-state index in [1.807, 2.05) is 25.1 Å². The third kappa shape index (κ3) is 4.19. The number of hydrogen-bond donors (Lipinski definition) is 2. The van der Waals surface area contributed by atoms with Crippen molar-refractivity contribution in [2.75, 3.05) is 31.6 Å². The van der Waals surface area contributed by atoms with Crippen LogP contribution in [0.3, 0.4) is 0 Å². The molecule has 25 heavy (non-hydrogen) atoms. The van der Waals surface area contributed by atoms with Crippen LogP contribution in [0.2, 0.25) is 0 Å². The zero-order chi connectivity index (χ0) is 17.8. The number of benzene rings is 1. The van der Waals surface area contributed by atoms with Crippen molar-refractivity contribution in [3.8, 4) is 0 Å². The Balaban J connectivity index is 1.72. The van der Waals surface area contributed by atoms with Gasteiger partial charge in [-0.1, -0.05) is 12.5 Å². The Hall–Kier alpha value is -1.92. The van der Waals surface area contributed by atoms with E-state index in [0.29, 0.717) is 37.6 Å². The summed E-state index contributed by atoms with van der Waals surface area (Å²) in [5.74, 6) is -0.0347. The lowest BCUT2D eigenvalue weighted by Gasteiger charge is -2.28. The van der Waals surface area contributed by atoms with E-state index in [2.05, 4.69) is 5.32 Å². The van der Waals surface area contributed by atoms with Gasteiger partial charge in [0.15, 0.2) is 0 Å². The van der Waals surface area contributed by atoms with Crippen LogP contribution in [0.1, 0.15) is 41.6 Å². The van der Waals surface area contributed by atoms with Crippen molar-refractivity contribution in [3.05, 3.63) is 29.3 Å². The molecule has 2 fully saturated rings. The molecule has 2 atom stereocenters. The highest BCUT2D eigenvalue weighted by Gasteiger charge is 2.26. The number of anilines is 1. The first-order valence-electron chi connectivity index (χ1n) is 9.09. The zero-order valence-electron chi connectivity index (χ0n) is 14.8. The van der Waals surface area contributed by atoms with Crippen molar-refractivity contribution >= 4 is 17.5 Å². The van der Waals surface area contributed by atoms with Crippen LogP contribution in [0, 0.1) is 12.8 Å². The van der Waals surface area contributed by atoms with E-state index < -0.39 is 0 Å². The van der Waals surface area contributed by atoms with Crippen LogP contribution in [0.4, 0.5) is 5.69 Å². The van der Waals surface area contributed by atoms with Crippen molar-refractivity contribution in [2.24, 2.45) is 11.7 Å². The van der Waals surface area contributed by atoms with Gasteiger partial charge in [-0.05, 0) is 43.9 Å². The normalized spacial score (nSPS) is 24.0. The van der Waals surface area contributed by atoms with Crippen LogP contribution in [0.15, 0.2) is 18.2 Å². The molecule has 3 rings (SSSR count). The molecule has 136 valence electrons. The lowest BCUT2D eigenvalue weighted by molar-refractivity contribution is -0.120. The molecule has 1 aromatic rings. The maximum Gasteiger partial charge on any atom is 0.254 e. The van der Waals surface area contributed by atoms with E-state index in [1.54, 1.807) is 4.90 Å². The van der Waals surface area contributed by atoms with Crippen molar-refractivity contribution in [1.29, 1.82) is 0 Å². The second-order valence-electron chi connectivity index (χ2n) is 7.00. The predicted octanol–water partition coefficient (Wildman–Crippen LogP) is 1.92. The number of carbonyl (C=O) groups excluding carboxylic acids is 2. The standard InChI is InChI=1S/C19H27N3O3/c1-13-16(19(24)22-8-10-25-11-9-22)6-3-7-17(13)21-18(23)14-4-2-5-15(20)12-14/h3,6-7,14-15H,2,4-5,8-12,20H2,1H3,(H,21,23). The Morgan fingerprint density at radius 2 is 2.00 bits per heavy atom. The fourth-order valence-electron chi connectivity index (χ4n) is 3.64. The van der Waals surface area contributed by atoms with Gasteiger partial charge in [0.2, 0.25) is 5.91 Å². The zero-order valence-corrected chi connectivity index (χ0v) is 14.8. The first-order valence-corrected chi connectivity index (χ1v) is 9.09. The van der Waals surface area contributed by atoms with Crippen LogP contribution in [0.5, 0.6) is 0 Å². The van der Waals surface area contributed by atoms with Crippen molar-refractivity contribution in [2.45, 2.75) is 38.6 Å². The summed E-state index contributed by atoms with van der Waals surface area (Å²) in [6.45, 7) is 4.24. The van der Waals surface area contributed by atoms with E-state index in [1.165, 1.54) is 0 Å². The second kappa shape index (κ2) is 7.97. The van der Waals surface area contributed by atoms with Gasteiger partial charge in [-0.3, -0.25) is 9.59 Å². The summed E-state index contributed by atoms with van der Waals surface area (Å²) >= 11 is 0. The summed E-state index contributed by atoms with van der Waals surface area (Å²) in [5, 5.41) is 3.01. The molecule has 0 aromatic heterocycles. The second-order valence-corrected chi connectivity index (χ2v) is 7.00. The molecule has 6 heteroatoms. The highest BCUT2D eigenvalue weighted by atomic mass is 16.5. The maximum atomic E-state index is 12.7. The van der Waals surface area contributed by atoms with Gasteiger partial charge in [0.1, 0.15) is 0 Å². The SMILES string of the molecule is Cc1c(NC(=O)C2CCCC(N)C2)cccc1C(=O)N1CCOCC1. The van der Waals surface area contributed by atoms with Crippen molar-refractivity contribution < 1.29 is 14.3 Å². The number of nitrogens with one attached hydrogen (secondary N) is 1. The summed E-state index contributed by atoms with van der Waals surface area (Å²) in [7, 11) is 0. The van der Waals surface area contributed by atoms with Crippen LogP contribution < -0.4 is 11.1 Å². The fourth-order valence-corrected chi connectivity index (χ4v) is 3.64. The Morgan fingerprint density at radius 1 is 1.24 bits per heavy atom. The molecule has 0 spiro atoms. The van der Waals surface area contributed by atoms with Crippen molar-refractivity contribution in [1.82, 2.24) is 4.90 Å². The van der Waals surface area contributed by atoms with Gasteiger partial charge in [-0.15, -0.1) is 0 Å². The lowest BCUT2D eigenvalue weighted by atomic mass is 9.85. The van der Waals surface area contributed by atoms with Crippen LogP contribution in [0.25, 0.3) is 0 Å². The molecule has 2 unspecified atom stereocenters. The molecule has 1 aromatic carbocycles. The maximum absolute atomic E-state index is 12.7. The number of ether oxygens (including phenoxy) is 1. The van der Waals surface area contributed by atoms with E-state index in [0.717, 1.165) is 31.2 Å². The summed E-state index contributed by atoms with van der Waals surface area (Å²) in [6.07, 6.45) is 3.60. The highest BCUT2D eigenvalue weighted by Crippen LogP contribution is 2.26. The molecule has 2 amide bonds. The number of morpholine rings is 1. The Bertz CT molecular complexity index is 641. The molecule has 1 saturated carbocycles. The van der Waals surface area contributed by atoms with Crippen LogP contribution in [-0.4, -0.2) is 49.1 Å². The molecular weight excluding hydrogens is 318 g/mol. The Labute approximate surface area is 148 Å². The predicted molar refractivity (Wildman–Crippen MR) is 96.5 cm³/mol. The summed E-state index contributed by atoms with van der Waals surface area (Å²) < 4.78 is 5.31. The van der Waals surface area contributed by atoms with E-state index in [4.69, 9.17) is 10.5 Å². The van der Waals surface area contributed by atoms with E-state index in [-0.39, 0.29) is 23.8 Å². The van der Waals surface area contributed by atoms with Gasteiger partial charge in [0.05, 0.1) is 13.2 Å². The molecule has 1 saturated heterocycles. The summed E-state index contributed by atoms with van der Waals surface area (Å²) in [4.78, 5) is 27.1. The minimum absolute atomic E-state index is 0.00316. The number of rotatable bonds is 3. The smallest absolute Gasteiger partial charge is 0.254 e. The molecule has 3 N–H and O–H groups in total. The Morgan fingerprint density at radius 3 is 2.72 bits per heavy atom. The van der Waals surface area contributed by atoms with Gasteiger partial charge >= 0.3 is 0 Å². The first kappa shape index (κ1) is 17.9. The molecule has 0 radical (unpaired) electrons. The minimum Gasteiger partial charge on any atom is -0.378 e. The average Bonchev–Trinajstić information content (AvgIpc) is 2.63. The third-order valence-electron chi connectivity index (χ3n) is 5.21. The van der Waals surface area contributed by atoms with E-state index in [9.17, 15) is 9.59 Å². The van der Waals surface area contributed by atoms with Gasteiger partial charge in [0, 0.05) is 36.3 Å². The van der Waals surface area contributed by atoms with Gasteiger partial charge in [0.25, 0.3) is 5.91 Å². The number of nitrogens with two attached hydrogens (primary N) is 1. The van der Waals surface area contributed by atoms with Gasteiger partial charge < -0.3 is 20.7 Å². The fraction of sp³-hybridized carbons (Fsp3) is 0.579. The first-order chi connectivity index (χ1) is 12.1. The lowest BCUT2D eigenvalue weighted by Crippen LogP contribution is -2.41. The van der Waals surface area contributed by atoms with Gasteiger partial charge in [-0.25, -0.2) is 0 Å². The van der Waals surface area contributed by atoms with Gasteiger partial charge in [-0.2, -0.15) is 0 Å². The van der Waals surface area contributed by atoms with Crippen molar-refractivity contribution in [3.63, 3.8) is 0 Å². The monoisotopic (exact) mass is 345 g/mol. The van der Waals surface area contributed by atoms with Crippen LogP contribution in [-0.2, 0) is 9.53 Å². The molecule has 6 nitrogen and oxygen atoms in total. The number of amides is 2. The topological polar surface area (TPSA) is 84.7 Å². The summed E-state index contributed by atoms with van der Waals surface area (Å²) in [6, 6.07) is 5.61. The quantitative estimate of drug-likeness (QED) is 0.876. The molecule has 0 bridgehead atoms. The average molecular weight is 345 g/mol. The largest absolute Gasteiger partial charge is 0.378 e. The highest BCUT2D eigenvalue weighted by molar-refractivity contribution is 5.99.